The molecule has 0 saturated carbocycles. The minimum Gasteiger partial charge on any atom is -0.293 e. The fourth-order valence-corrected chi connectivity index (χ4v) is 2.75. The third-order valence-corrected chi connectivity index (χ3v) is 3.93. The summed E-state index contributed by atoms with van der Waals surface area (Å²) in [7, 11) is 0. The number of carbonyl (C=O) groups is 1. The highest BCUT2D eigenvalue weighted by atomic mass is 35.5. The SMILES string of the molecule is O=C(c1cc(Cl)ccc1Cl)C1Cc2ccccc21. The van der Waals surface area contributed by atoms with Crippen LogP contribution in [0.3, 0.4) is 0 Å². The topological polar surface area (TPSA) is 17.1 Å². The zero-order chi connectivity index (χ0) is 12.7. The Morgan fingerprint density at radius 1 is 1.11 bits per heavy atom. The molecule has 0 aromatic heterocycles. The Bertz CT molecular complexity index is 634. The lowest BCUT2D eigenvalue weighted by molar-refractivity contribution is 0.0949. The number of fused-ring (bicyclic) bond motifs is 1. The first-order chi connectivity index (χ1) is 8.66. The second kappa shape index (κ2) is 4.42. The van der Waals surface area contributed by atoms with Gasteiger partial charge in [-0.1, -0.05) is 47.5 Å². The third kappa shape index (κ3) is 1.84. The number of hydrogen-bond donors (Lipinski definition) is 0. The van der Waals surface area contributed by atoms with Crippen molar-refractivity contribution in [3.63, 3.8) is 0 Å². The monoisotopic (exact) mass is 276 g/mol. The number of Topliss-reactive ketones (excluding diaryl/α,β-unsaturated/α-hetero) is 1. The number of ketones is 1. The summed E-state index contributed by atoms with van der Waals surface area (Å²) in [5, 5.41) is 1.00. The van der Waals surface area contributed by atoms with Gasteiger partial charge in [-0.05, 0) is 35.7 Å². The number of benzene rings is 2. The normalized spacial score (nSPS) is 16.9. The lowest BCUT2D eigenvalue weighted by Crippen LogP contribution is -2.25. The molecule has 0 heterocycles. The summed E-state index contributed by atoms with van der Waals surface area (Å²) < 4.78 is 0. The molecular weight excluding hydrogens is 267 g/mol. The van der Waals surface area contributed by atoms with Gasteiger partial charge in [-0.3, -0.25) is 4.79 Å². The molecule has 0 amide bonds. The van der Waals surface area contributed by atoms with E-state index in [9.17, 15) is 4.79 Å². The summed E-state index contributed by atoms with van der Waals surface area (Å²) in [6, 6.07) is 13.0. The quantitative estimate of drug-likeness (QED) is 0.738. The average Bonchev–Trinajstić information content (AvgIpc) is 2.33. The van der Waals surface area contributed by atoms with Crippen molar-refractivity contribution in [2.75, 3.05) is 0 Å². The first-order valence-electron chi connectivity index (χ1n) is 5.74. The van der Waals surface area contributed by atoms with Gasteiger partial charge in [0.1, 0.15) is 0 Å². The number of rotatable bonds is 2. The maximum atomic E-state index is 12.4. The van der Waals surface area contributed by atoms with Crippen molar-refractivity contribution in [1.82, 2.24) is 0 Å². The lowest BCUT2D eigenvalue weighted by atomic mass is 9.74. The van der Waals surface area contributed by atoms with Crippen molar-refractivity contribution in [3.05, 3.63) is 69.2 Å². The summed E-state index contributed by atoms with van der Waals surface area (Å²) in [5.74, 6) is -0.0154. The van der Waals surface area contributed by atoms with E-state index in [1.165, 1.54) is 5.56 Å². The van der Waals surface area contributed by atoms with E-state index in [2.05, 4.69) is 6.07 Å². The summed E-state index contributed by atoms with van der Waals surface area (Å²) in [5.41, 5.74) is 2.87. The van der Waals surface area contributed by atoms with Gasteiger partial charge in [0.25, 0.3) is 0 Å². The van der Waals surface area contributed by atoms with E-state index in [1.807, 2.05) is 18.2 Å². The highest BCUT2D eigenvalue weighted by molar-refractivity contribution is 6.36. The van der Waals surface area contributed by atoms with Crippen molar-refractivity contribution in [2.24, 2.45) is 0 Å². The second-order valence-corrected chi connectivity index (χ2v) is 5.29. The molecule has 0 saturated heterocycles. The molecule has 2 aromatic rings. The predicted octanol–water partition coefficient (Wildman–Crippen LogP) is 4.52. The van der Waals surface area contributed by atoms with E-state index >= 15 is 0 Å². The smallest absolute Gasteiger partial charge is 0.172 e. The van der Waals surface area contributed by atoms with Gasteiger partial charge in [0.05, 0.1) is 10.9 Å². The van der Waals surface area contributed by atoms with E-state index in [0.29, 0.717) is 15.6 Å². The summed E-state index contributed by atoms with van der Waals surface area (Å²) in [4.78, 5) is 12.4. The van der Waals surface area contributed by atoms with Gasteiger partial charge in [0, 0.05) is 10.6 Å². The molecule has 0 fully saturated rings. The lowest BCUT2D eigenvalue weighted by Gasteiger charge is -2.29. The molecule has 1 aliphatic rings. The van der Waals surface area contributed by atoms with Crippen LogP contribution in [0.1, 0.15) is 27.4 Å². The molecular formula is C15H10Cl2O. The Morgan fingerprint density at radius 2 is 1.89 bits per heavy atom. The van der Waals surface area contributed by atoms with E-state index in [-0.39, 0.29) is 11.7 Å². The summed E-state index contributed by atoms with van der Waals surface area (Å²) in [6.45, 7) is 0. The highest BCUT2D eigenvalue weighted by Gasteiger charge is 2.33. The Labute approximate surface area is 115 Å². The second-order valence-electron chi connectivity index (χ2n) is 4.44. The minimum atomic E-state index is -0.0721. The number of hydrogen-bond acceptors (Lipinski definition) is 1. The number of halogens is 2. The molecule has 90 valence electrons. The fourth-order valence-electron chi connectivity index (χ4n) is 2.37. The van der Waals surface area contributed by atoms with Crippen molar-refractivity contribution < 1.29 is 4.79 Å². The molecule has 1 nitrogen and oxygen atoms in total. The van der Waals surface area contributed by atoms with E-state index < -0.39 is 0 Å². The maximum absolute atomic E-state index is 12.4. The molecule has 0 spiro atoms. The molecule has 1 atom stereocenters. The van der Waals surface area contributed by atoms with Crippen LogP contribution >= 0.6 is 23.2 Å². The number of carbonyl (C=O) groups excluding carboxylic acids is 1. The van der Waals surface area contributed by atoms with Gasteiger partial charge >= 0.3 is 0 Å². The molecule has 3 heteroatoms. The van der Waals surface area contributed by atoms with Gasteiger partial charge in [-0.2, -0.15) is 0 Å². The highest BCUT2D eigenvalue weighted by Crippen LogP contribution is 2.38. The van der Waals surface area contributed by atoms with Crippen LogP contribution in [0.25, 0.3) is 0 Å². The molecule has 2 aromatic carbocycles. The van der Waals surface area contributed by atoms with Crippen LogP contribution in [0.2, 0.25) is 10.0 Å². The zero-order valence-corrected chi connectivity index (χ0v) is 11.0. The molecule has 0 radical (unpaired) electrons. The summed E-state index contributed by atoms with van der Waals surface area (Å²) >= 11 is 12.0. The largest absolute Gasteiger partial charge is 0.293 e. The van der Waals surface area contributed by atoms with Gasteiger partial charge in [0.15, 0.2) is 5.78 Å². The minimum absolute atomic E-state index is 0.0567. The standard InChI is InChI=1S/C15H10Cl2O/c16-10-5-6-14(17)13(8-10)15(18)12-7-9-3-1-2-4-11(9)12/h1-6,8,12H,7H2. The van der Waals surface area contributed by atoms with Crippen LogP contribution in [-0.2, 0) is 6.42 Å². The van der Waals surface area contributed by atoms with Crippen molar-refractivity contribution in [3.8, 4) is 0 Å². The fraction of sp³-hybridized carbons (Fsp3) is 0.133. The predicted molar refractivity (Wildman–Crippen MR) is 73.7 cm³/mol. The molecule has 1 unspecified atom stereocenters. The van der Waals surface area contributed by atoms with Crippen molar-refractivity contribution in [1.29, 1.82) is 0 Å². The van der Waals surface area contributed by atoms with E-state index in [4.69, 9.17) is 23.2 Å². The zero-order valence-electron chi connectivity index (χ0n) is 9.49. The van der Waals surface area contributed by atoms with Crippen LogP contribution < -0.4 is 0 Å². The van der Waals surface area contributed by atoms with Crippen LogP contribution in [-0.4, -0.2) is 5.78 Å². The average molecular weight is 277 g/mol. The molecule has 0 N–H and O–H groups in total. The first kappa shape index (κ1) is 11.8. The maximum Gasteiger partial charge on any atom is 0.172 e. The Morgan fingerprint density at radius 3 is 2.67 bits per heavy atom. The van der Waals surface area contributed by atoms with Crippen LogP contribution in [0, 0.1) is 0 Å². The van der Waals surface area contributed by atoms with Crippen LogP contribution in [0.5, 0.6) is 0 Å². The Hall–Kier alpha value is -1.31. The van der Waals surface area contributed by atoms with Gasteiger partial charge in [0.2, 0.25) is 0 Å². The Balaban J connectivity index is 1.96. The van der Waals surface area contributed by atoms with Gasteiger partial charge in [-0.15, -0.1) is 0 Å². The van der Waals surface area contributed by atoms with Crippen molar-refractivity contribution >= 4 is 29.0 Å². The Kier molecular flexibility index (Phi) is 2.89. The molecule has 0 aliphatic heterocycles. The van der Waals surface area contributed by atoms with E-state index in [1.54, 1.807) is 18.2 Å². The van der Waals surface area contributed by atoms with Gasteiger partial charge < -0.3 is 0 Å². The van der Waals surface area contributed by atoms with E-state index in [0.717, 1.165) is 12.0 Å². The van der Waals surface area contributed by atoms with Crippen LogP contribution in [0.4, 0.5) is 0 Å². The molecule has 0 bridgehead atoms. The molecule has 3 rings (SSSR count). The van der Waals surface area contributed by atoms with Crippen molar-refractivity contribution in [2.45, 2.75) is 12.3 Å². The first-order valence-corrected chi connectivity index (χ1v) is 6.49. The molecule has 18 heavy (non-hydrogen) atoms. The van der Waals surface area contributed by atoms with Crippen LogP contribution in [0.15, 0.2) is 42.5 Å². The summed E-state index contributed by atoms with van der Waals surface area (Å²) in [6.07, 6.45) is 0.790. The third-order valence-electron chi connectivity index (χ3n) is 3.36. The molecule has 1 aliphatic carbocycles. The van der Waals surface area contributed by atoms with Gasteiger partial charge in [-0.25, -0.2) is 0 Å².